The molecule has 2 heterocycles. The van der Waals surface area contributed by atoms with E-state index < -0.39 is 0 Å². The lowest BCUT2D eigenvalue weighted by Gasteiger charge is -2.22. The van der Waals surface area contributed by atoms with Gasteiger partial charge in [-0.15, -0.1) is 0 Å². The van der Waals surface area contributed by atoms with Gasteiger partial charge in [0.1, 0.15) is 5.82 Å². The third kappa shape index (κ3) is 3.06. The Kier molecular flexibility index (Phi) is 3.93. The Labute approximate surface area is 95.6 Å². The number of ether oxygens (including phenoxy) is 1. The smallest absolute Gasteiger partial charge is 0.224 e. The molecular weight excluding hydrogens is 204 g/mol. The molecule has 0 unspecified atom stereocenters. The zero-order valence-electron chi connectivity index (χ0n) is 9.57. The maximum absolute atomic E-state index is 5.32. The monoisotopic (exact) mass is 222 g/mol. The average molecular weight is 222 g/mol. The van der Waals surface area contributed by atoms with Crippen LogP contribution >= 0.6 is 0 Å². The molecule has 1 aliphatic heterocycles. The van der Waals surface area contributed by atoms with Gasteiger partial charge in [-0.3, -0.25) is 0 Å². The second-order valence-electron chi connectivity index (χ2n) is 3.95. The van der Waals surface area contributed by atoms with Crippen molar-refractivity contribution in [1.82, 2.24) is 9.97 Å². The van der Waals surface area contributed by atoms with Crippen LogP contribution in [-0.2, 0) is 4.74 Å². The number of nitrogens with one attached hydrogen (secondary N) is 2. The zero-order chi connectivity index (χ0) is 11.2. The number of rotatable bonds is 4. The molecule has 1 aliphatic rings. The van der Waals surface area contributed by atoms with E-state index >= 15 is 0 Å². The molecule has 5 heteroatoms. The van der Waals surface area contributed by atoms with Crippen molar-refractivity contribution in [3.63, 3.8) is 0 Å². The van der Waals surface area contributed by atoms with Crippen molar-refractivity contribution in [3.8, 4) is 0 Å². The van der Waals surface area contributed by atoms with Gasteiger partial charge in [0.25, 0.3) is 0 Å². The number of hydrogen-bond acceptors (Lipinski definition) is 5. The lowest BCUT2D eigenvalue weighted by atomic mass is 10.0. The van der Waals surface area contributed by atoms with Crippen LogP contribution in [0.2, 0.25) is 0 Å². The molecule has 16 heavy (non-hydrogen) atoms. The molecule has 2 N–H and O–H groups in total. The highest BCUT2D eigenvalue weighted by atomic mass is 16.5. The lowest BCUT2D eigenvalue weighted by Crippen LogP contribution is -2.23. The average Bonchev–Trinajstić information content (AvgIpc) is 2.38. The SMILES string of the molecule is CNc1nccc(NCC2CCOCC2)n1. The van der Waals surface area contributed by atoms with E-state index in [9.17, 15) is 0 Å². The maximum atomic E-state index is 5.32. The normalized spacial score (nSPS) is 17.1. The van der Waals surface area contributed by atoms with Crippen molar-refractivity contribution in [1.29, 1.82) is 0 Å². The summed E-state index contributed by atoms with van der Waals surface area (Å²) in [6, 6.07) is 1.89. The van der Waals surface area contributed by atoms with Gasteiger partial charge >= 0.3 is 0 Å². The molecule has 0 aliphatic carbocycles. The van der Waals surface area contributed by atoms with Gasteiger partial charge in [0.15, 0.2) is 0 Å². The number of anilines is 2. The van der Waals surface area contributed by atoms with E-state index in [4.69, 9.17) is 4.74 Å². The predicted molar refractivity (Wildman–Crippen MR) is 63.6 cm³/mol. The van der Waals surface area contributed by atoms with Crippen LogP contribution < -0.4 is 10.6 Å². The van der Waals surface area contributed by atoms with Crippen LogP contribution in [0.15, 0.2) is 12.3 Å². The molecule has 5 nitrogen and oxygen atoms in total. The molecule has 0 spiro atoms. The van der Waals surface area contributed by atoms with E-state index in [0.29, 0.717) is 11.9 Å². The Morgan fingerprint density at radius 1 is 1.44 bits per heavy atom. The van der Waals surface area contributed by atoms with Crippen molar-refractivity contribution in [2.24, 2.45) is 5.92 Å². The highest BCUT2D eigenvalue weighted by molar-refractivity contribution is 5.39. The van der Waals surface area contributed by atoms with Gasteiger partial charge in [-0.05, 0) is 24.8 Å². The Bertz CT molecular complexity index is 326. The number of aromatic nitrogens is 2. The highest BCUT2D eigenvalue weighted by Gasteiger charge is 2.13. The van der Waals surface area contributed by atoms with Crippen molar-refractivity contribution in [2.75, 3.05) is 37.4 Å². The molecule has 0 saturated carbocycles. The van der Waals surface area contributed by atoms with Gasteiger partial charge in [0.2, 0.25) is 5.95 Å². The van der Waals surface area contributed by atoms with Gasteiger partial charge in [0, 0.05) is 33.0 Å². The summed E-state index contributed by atoms with van der Waals surface area (Å²) in [6.07, 6.45) is 4.03. The van der Waals surface area contributed by atoms with Crippen molar-refractivity contribution in [3.05, 3.63) is 12.3 Å². The summed E-state index contributed by atoms with van der Waals surface area (Å²) < 4.78 is 5.32. The third-order valence-electron chi connectivity index (χ3n) is 2.79. The molecule has 1 saturated heterocycles. The Morgan fingerprint density at radius 3 is 3.00 bits per heavy atom. The minimum Gasteiger partial charge on any atom is -0.381 e. The Morgan fingerprint density at radius 2 is 2.25 bits per heavy atom. The van der Waals surface area contributed by atoms with Crippen LogP contribution in [-0.4, -0.2) is 36.8 Å². The standard InChI is InChI=1S/C11H18N4O/c1-12-11-13-5-2-10(15-11)14-8-9-3-6-16-7-4-9/h2,5,9H,3-4,6-8H2,1H3,(H2,12,13,14,15). The van der Waals surface area contributed by atoms with Crippen LogP contribution in [0.25, 0.3) is 0 Å². The molecule has 1 fully saturated rings. The highest BCUT2D eigenvalue weighted by Crippen LogP contribution is 2.15. The zero-order valence-corrected chi connectivity index (χ0v) is 9.57. The first kappa shape index (κ1) is 11.1. The summed E-state index contributed by atoms with van der Waals surface area (Å²) in [5, 5.41) is 6.27. The quantitative estimate of drug-likeness (QED) is 0.805. The minimum absolute atomic E-state index is 0.650. The molecule has 0 amide bonds. The van der Waals surface area contributed by atoms with Gasteiger partial charge in [-0.1, -0.05) is 0 Å². The van der Waals surface area contributed by atoms with Crippen LogP contribution in [0.5, 0.6) is 0 Å². The summed E-state index contributed by atoms with van der Waals surface area (Å²) in [5.41, 5.74) is 0. The van der Waals surface area contributed by atoms with E-state index in [0.717, 1.165) is 38.4 Å². The molecule has 0 atom stereocenters. The fraction of sp³-hybridized carbons (Fsp3) is 0.636. The van der Waals surface area contributed by atoms with Crippen LogP contribution in [0.1, 0.15) is 12.8 Å². The van der Waals surface area contributed by atoms with Crippen molar-refractivity contribution >= 4 is 11.8 Å². The van der Waals surface area contributed by atoms with Gasteiger partial charge in [-0.25, -0.2) is 4.98 Å². The molecule has 1 aromatic rings. The summed E-state index contributed by atoms with van der Waals surface area (Å²) in [7, 11) is 1.82. The molecular formula is C11H18N4O. The molecule has 88 valence electrons. The Hall–Kier alpha value is -1.36. The van der Waals surface area contributed by atoms with Gasteiger partial charge in [0.05, 0.1) is 0 Å². The van der Waals surface area contributed by atoms with E-state index in [1.165, 1.54) is 0 Å². The summed E-state index contributed by atoms with van der Waals surface area (Å²) in [5.74, 6) is 2.23. The largest absolute Gasteiger partial charge is 0.381 e. The predicted octanol–water partition coefficient (Wildman–Crippen LogP) is 1.36. The van der Waals surface area contributed by atoms with E-state index in [2.05, 4.69) is 20.6 Å². The van der Waals surface area contributed by atoms with E-state index in [1.807, 2.05) is 13.1 Å². The first-order chi connectivity index (χ1) is 7.88. The summed E-state index contributed by atoms with van der Waals surface area (Å²) in [4.78, 5) is 8.38. The summed E-state index contributed by atoms with van der Waals surface area (Å²) in [6.45, 7) is 2.74. The molecule has 0 aromatic carbocycles. The molecule has 0 bridgehead atoms. The first-order valence-electron chi connectivity index (χ1n) is 5.71. The van der Waals surface area contributed by atoms with E-state index in [1.54, 1.807) is 6.20 Å². The topological polar surface area (TPSA) is 59.1 Å². The second-order valence-corrected chi connectivity index (χ2v) is 3.95. The lowest BCUT2D eigenvalue weighted by molar-refractivity contribution is 0.0699. The fourth-order valence-corrected chi connectivity index (χ4v) is 1.78. The van der Waals surface area contributed by atoms with Gasteiger partial charge in [-0.2, -0.15) is 4.98 Å². The fourth-order valence-electron chi connectivity index (χ4n) is 1.78. The van der Waals surface area contributed by atoms with Crippen molar-refractivity contribution in [2.45, 2.75) is 12.8 Å². The molecule has 1 aromatic heterocycles. The first-order valence-corrected chi connectivity index (χ1v) is 5.71. The number of hydrogen-bond donors (Lipinski definition) is 2. The number of nitrogens with zero attached hydrogens (tertiary/aromatic N) is 2. The molecule has 0 radical (unpaired) electrons. The van der Waals surface area contributed by atoms with Gasteiger partial charge < -0.3 is 15.4 Å². The van der Waals surface area contributed by atoms with Crippen LogP contribution in [0, 0.1) is 5.92 Å². The summed E-state index contributed by atoms with van der Waals surface area (Å²) >= 11 is 0. The van der Waals surface area contributed by atoms with Crippen LogP contribution in [0.4, 0.5) is 11.8 Å². The maximum Gasteiger partial charge on any atom is 0.224 e. The van der Waals surface area contributed by atoms with Crippen molar-refractivity contribution < 1.29 is 4.74 Å². The molecule has 2 rings (SSSR count). The van der Waals surface area contributed by atoms with Crippen LogP contribution in [0.3, 0.4) is 0 Å². The third-order valence-corrected chi connectivity index (χ3v) is 2.79. The second kappa shape index (κ2) is 5.65. The minimum atomic E-state index is 0.650. The Balaban J connectivity index is 1.83. The van der Waals surface area contributed by atoms with E-state index in [-0.39, 0.29) is 0 Å².